The summed E-state index contributed by atoms with van der Waals surface area (Å²) in [5, 5.41) is 8.35. The summed E-state index contributed by atoms with van der Waals surface area (Å²) >= 11 is 0. The van der Waals surface area contributed by atoms with Gasteiger partial charge < -0.3 is 4.90 Å². The van der Waals surface area contributed by atoms with Crippen LogP contribution >= 0.6 is 0 Å². The van der Waals surface area contributed by atoms with Gasteiger partial charge in [0, 0.05) is 20.0 Å². The molecule has 3 heteroatoms. The van der Waals surface area contributed by atoms with Crippen molar-refractivity contribution in [2.75, 3.05) is 13.6 Å². The summed E-state index contributed by atoms with van der Waals surface area (Å²) in [5.41, 5.74) is 0. The van der Waals surface area contributed by atoms with Crippen LogP contribution in [0.5, 0.6) is 0 Å². The molecule has 0 heterocycles. The summed E-state index contributed by atoms with van der Waals surface area (Å²) in [5.74, 6) is 0.817. The fraction of sp³-hybridized carbons (Fsp3) is 0.800. The number of nitrogens with zero attached hydrogens (tertiary/aromatic N) is 2. The first-order valence-electron chi connectivity index (χ1n) is 4.85. The molecule has 0 spiro atoms. The summed E-state index contributed by atoms with van der Waals surface area (Å²) in [6.07, 6.45) is 4.81. The lowest BCUT2D eigenvalue weighted by molar-refractivity contribution is -0.131. The van der Waals surface area contributed by atoms with Crippen LogP contribution in [0.1, 0.15) is 32.1 Å². The standard InChI is InChI=1S/C10H16N2O/c1-12(7-3-6-11)10(13)8-9-4-2-5-9/h9H,2-5,7-8H2,1H3. The molecule has 13 heavy (non-hydrogen) atoms. The lowest BCUT2D eigenvalue weighted by Crippen LogP contribution is -2.30. The molecule has 0 saturated heterocycles. The monoisotopic (exact) mass is 180 g/mol. The van der Waals surface area contributed by atoms with Gasteiger partial charge in [-0.25, -0.2) is 0 Å². The van der Waals surface area contributed by atoms with E-state index in [-0.39, 0.29) is 5.91 Å². The Kier molecular flexibility index (Phi) is 3.75. The predicted octanol–water partition coefficient (Wildman–Crippen LogP) is 1.55. The van der Waals surface area contributed by atoms with E-state index in [1.165, 1.54) is 19.3 Å². The van der Waals surface area contributed by atoms with Crippen molar-refractivity contribution in [2.45, 2.75) is 32.1 Å². The van der Waals surface area contributed by atoms with Crippen LogP contribution in [0.15, 0.2) is 0 Å². The number of rotatable bonds is 4. The molecule has 1 aliphatic carbocycles. The second-order valence-corrected chi connectivity index (χ2v) is 3.72. The number of carbonyl (C=O) groups excluding carboxylic acids is 1. The maximum Gasteiger partial charge on any atom is 0.222 e. The van der Waals surface area contributed by atoms with E-state index in [9.17, 15) is 4.79 Å². The number of nitriles is 1. The highest BCUT2D eigenvalue weighted by atomic mass is 16.2. The average molecular weight is 180 g/mol. The molecule has 1 rings (SSSR count). The van der Waals surface area contributed by atoms with Crippen molar-refractivity contribution < 1.29 is 4.79 Å². The molecule has 0 aromatic rings. The van der Waals surface area contributed by atoms with Crippen molar-refractivity contribution in [1.29, 1.82) is 5.26 Å². The Bertz CT molecular complexity index is 215. The van der Waals surface area contributed by atoms with E-state index in [0.29, 0.717) is 25.3 Å². The molecule has 1 aliphatic rings. The van der Waals surface area contributed by atoms with Crippen molar-refractivity contribution in [3.8, 4) is 6.07 Å². The van der Waals surface area contributed by atoms with Gasteiger partial charge in [0.2, 0.25) is 5.91 Å². The highest BCUT2D eigenvalue weighted by Crippen LogP contribution is 2.29. The van der Waals surface area contributed by atoms with Crippen molar-refractivity contribution in [2.24, 2.45) is 5.92 Å². The van der Waals surface area contributed by atoms with E-state index < -0.39 is 0 Å². The van der Waals surface area contributed by atoms with Crippen LogP contribution in [0.3, 0.4) is 0 Å². The van der Waals surface area contributed by atoms with E-state index in [0.717, 1.165) is 0 Å². The predicted molar refractivity (Wildman–Crippen MR) is 49.8 cm³/mol. The van der Waals surface area contributed by atoms with Gasteiger partial charge in [-0.1, -0.05) is 6.42 Å². The fourth-order valence-electron chi connectivity index (χ4n) is 1.44. The first-order valence-corrected chi connectivity index (χ1v) is 4.85. The van der Waals surface area contributed by atoms with Crippen molar-refractivity contribution in [3.63, 3.8) is 0 Å². The summed E-state index contributed by atoms with van der Waals surface area (Å²) in [7, 11) is 1.78. The van der Waals surface area contributed by atoms with Gasteiger partial charge in [-0.2, -0.15) is 5.26 Å². The SMILES string of the molecule is CN(CCC#N)C(=O)CC1CCC1. The summed E-state index contributed by atoms with van der Waals surface area (Å²) in [6, 6.07) is 2.04. The first-order chi connectivity index (χ1) is 6.24. The molecule has 3 nitrogen and oxygen atoms in total. The maximum absolute atomic E-state index is 11.5. The van der Waals surface area contributed by atoms with Gasteiger partial charge in [0.25, 0.3) is 0 Å². The van der Waals surface area contributed by atoms with E-state index in [1.54, 1.807) is 11.9 Å². The Balaban J connectivity index is 2.17. The average Bonchev–Trinajstić information content (AvgIpc) is 2.06. The molecule has 1 fully saturated rings. The van der Waals surface area contributed by atoms with Gasteiger partial charge in [-0.3, -0.25) is 4.79 Å². The molecule has 0 N–H and O–H groups in total. The molecule has 0 bridgehead atoms. The minimum atomic E-state index is 0.194. The second kappa shape index (κ2) is 4.86. The number of hydrogen-bond donors (Lipinski definition) is 0. The van der Waals surface area contributed by atoms with Crippen LogP contribution in [-0.4, -0.2) is 24.4 Å². The summed E-state index contributed by atoms with van der Waals surface area (Å²) in [6.45, 7) is 0.571. The lowest BCUT2D eigenvalue weighted by atomic mass is 9.83. The molecule has 0 atom stereocenters. The van der Waals surface area contributed by atoms with Gasteiger partial charge in [0.15, 0.2) is 0 Å². The van der Waals surface area contributed by atoms with Crippen LogP contribution in [0, 0.1) is 17.2 Å². The topological polar surface area (TPSA) is 44.1 Å². The van der Waals surface area contributed by atoms with E-state index in [4.69, 9.17) is 5.26 Å². The third kappa shape index (κ3) is 3.06. The largest absolute Gasteiger partial charge is 0.345 e. The molecular weight excluding hydrogens is 164 g/mol. The second-order valence-electron chi connectivity index (χ2n) is 3.72. The molecule has 0 aromatic carbocycles. The van der Waals surface area contributed by atoms with E-state index >= 15 is 0 Å². The summed E-state index contributed by atoms with van der Waals surface area (Å²) in [4.78, 5) is 13.1. The Morgan fingerprint density at radius 1 is 1.62 bits per heavy atom. The van der Waals surface area contributed by atoms with Crippen LogP contribution in [0.4, 0.5) is 0 Å². The number of amides is 1. The molecule has 1 amide bonds. The summed E-state index contributed by atoms with van der Waals surface area (Å²) < 4.78 is 0. The van der Waals surface area contributed by atoms with Crippen LogP contribution in [-0.2, 0) is 4.79 Å². The third-order valence-corrected chi connectivity index (χ3v) is 2.67. The molecule has 0 unspecified atom stereocenters. The fourth-order valence-corrected chi connectivity index (χ4v) is 1.44. The van der Waals surface area contributed by atoms with Crippen LogP contribution in [0.2, 0.25) is 0 Å². The van der Waals surface area contributed by atoms with Gasteiger partial charge in [-0.05, 0) is 18.8 Å². The zero-order valence-corrected chi connectivity index (χ0v) is 8.12. The zero-order chi connectivity index (χ0) is 9.68. The van der Waals surface area contributed by atoms with Crippen LogP contribution < -0.4 is 0 Å². The van der Waals surface area contributed by atoms with Crippen molar-refractivity contribution >= 4 is 5.91 Å². The highest BCUT2D eigenvalue weighted by molar-refractivity contribution is 5.76. The highest BCUT2D eigenvalue weighted by Gasteiger charge is 2.21. The van der Waals surface area contributed by atoms with Crippen molar-refractivity contribution in [1.82, 2.24) is 4.90 Å². The third-order valence-electron chi connectivity index (χ3n) is 2.67. The molecule has 1 saturated carbocycles. The zero-order valence-electron chi connectivity index (χ0n) is 8.12. The molecule has 0 aromatic heterocycles. The maximum atomic E-state index is 11.5. The van der Waals surface area contributed by atoms with E-state index in [1.807, 2.05) is 6.07 Å². The minimum Gasteiger partial charge on any atom is -0.345 e. The Hall–Kier alpha value is -1.04. The molecule has 0 radical (unpaired) electrons. The van der Waals surface area contributed by atoms with Gasteiger partial charge in [-0.15, -0.1) is 0 Å². The van der Waals surface area contributed by atoms with Crippen LogP contribution in [0.25, 0.3) is 0 Å². The number of carbonyl (C=O) groups is 1. The van der Waals surface area contributed by atoms with Gasteiger partial charge >= 0.3 is 0 Å². The Morgan fingerprint density at radius 3 is 2.77 bits per heavy atom. The molecule has 72 valence electrons. The quantitative estimate of drug-likeness (QED) is 0.658. The lowest BCUT2D eigenvalue weighted by Gasteiger charge is -2.26. The first kappa shape index (κ1) is 10.0. The van der Waals surface area contributed by atoms with Crippen molar-refractivity contribution in [3.05, 3.63) is 0 Å². The minimum absolute atomic E-state index is 0.194. The number of hydrogen-bond acceptors (Lipinski definition) is 2. The Morgan fingerprint density at radius 2 is 2.31 bits per heavy atom. The Labute approximate surface area is 79.3 Å². The smallest absolute Gasteiger partial charge is 0.222 e. The van der Waals surface area contributed by atoms with Gasteiger partial charge in [0.05, 0.1) is 12.5 Å². The van der Waals surface area contributed by atoms with Gasteiger partial charge in [0.1, 0.15) is 0 Å². The molecular formula is C10H16N2O. The molecule has 0 aliphatic heterocycles. The normalized spacial score (nSPS) is 16.0. The van der Waals surface area contributed by atoms with E-state index in [2.05, 4.69) is 0 Å².